The Labute approximate surface area is 204 Å². The highest BCUT2D eigenvalue weighted by Gasteiger charge is 2.20. The van der Waals surface area contributed by atoms with Crippen molar-refractivity contribution < 1.29 is 17.9 Å². The zero-order valence-electron chi connectivity index (χ0n) is 18.6. The molecule has 35 heavy (non-hydrogen) atoms. The van der Waals surface area contributed by atoms with Gasteiger partial charge in [0.25, 0.3) is 10.0 Å². The number of ether oxygens (including phenoxy) is 1. The van der Waals surface area contributed by atoms with Crippen molar-refractivity contribution in [3.05, 3.63) is 91.5 Å². The lowest BCUT2D eigenvalue weighted by Gasteiger charge is -2.14. The molecule has 9 nitrogen and oxygen atoms in total. The van der Waals surface area contributed by atoms with Crippen molar-refractivity contribution in [1.29, 1.82) is 0 Å². The highest BCUT2D eigenvalue weighted by atomic mass is 35.5. The molecule has 0 radical (unpaired) electrons. The van der Waals surface area contributed by atoms with E-state index in [0.29, 0.717) is 27.8 Å². The normalized spacial score (nSPS) is 11.4. The van der Waals surface area contributed by atoms with E-state index in [2.05, 4.69) is 14.7 Å². The molecule has 1 heterocycles. The van der Waals surface area contributed by atoms with Crippen molar-refractivity contribution in [3.63, 3.8) is 0 Å². The molecule has 3 N–H and O–H groups in total. The minimum absolute atomic E-state index is 0.0828. The van der Waals surface area contributed by atoms with Crippen LogP contribution < -0.4 is 15.8 Å². The maximum atomic E-state index is 13.1. The summed E-state index contributed by atoms with van der Waals surface area (Å²) >= 11 is 6.47. The van der Waals surface area contributed by atoms with Gasteiger partial charge >= 0.3 is 17.1 Å². The number of aryl methyl sites for hydroxylation is 1. The zero-order valence-corrected chi connectivity index (χ0v) is 20.2. The van der Waals surface area contributed by atoms with E-state index in [0.717, 1.165) is 0 Å². The number of carbonyl (C=O) groups excluding carboxylic acids is 1. The summed E-state index contributed by atoms with van der Waals surface area (Å²) in [4.78, 5) is 40.2. The predicted octanol–water partition coefficient (Wildman–Crippen LogP) is 3.82. The molecular formula is C24H20ClN3O6S. The predicted molar refractivity (Wildman–Crippen MR) is 134 cm³/mol. The molecule has 0 spiro atoms. The highest BCUT2D eigenvalue weighted by molar-refractivity contribution is 7.92. The maximum Gasteiger partial charge on any atom is 0.338 e. The van der Waals surface area contributed by atoms with Crippen molar-refractivity contribution in [2.45, 2.75) is 18.7 Å². The average Bonchev–Trinajstić information content (AvgIpc) is 2.80. The second kappa shape index (κ2) is 9.40. The first kappa shape index (κ1) is 24.2. The minimum Gasteiger partial charge on any atom is -0.462 e. The molecule has 0 fully saturated rings. The molecule has 0 unspecified atom stereocenters. The van der Waals surface area contributed by atoms with E-state index in [1.807, 2.05) is 0 Å². The smallest absolute Gasteiger partial charge is 0.338 e. The van der Waals surface area contributed by atoms with Gasteiger partial charge in [0, 0.05) is 5.56 Å². The van der Waals surface area contributed by atoms with Crippen LogP contribution in [0.5, 0.6) is 0 Å². The minimum atomic E-state index is -4.08. The molecular weight excluding hydrogens is 494 g/mol. The fourth-order valence-electron chi connectivity index (χ4n) is 3.65. The summed E-state index contributed by atoms with van der Waals surface area (Å²) in [6, 6.07) is 14.1. The summed E-state index contributed by atoms with van der Waals surface area (Å²) in [5.41, 5.74) is 0.732. The lowest BCUT2D eigenvalue weighted by atomic mass is 9.99. The number of carbonyl (C=O) groups is 1. The number of hydrogen-bond donors (Lipinski definition) is 3. The number of nitrogens with one attached hydrogen (secondary N) is 3. The van der Waals surface area contributed by atoms with E-state index in [1.54, 1.807) is 44.2 Å². The molecule has 0 aliphatic carbocycles. The summed E-state index contributed by atoms with van der Waals surface area (Å²) in [7, 11) is -4.08. The average molecular weight is 514 g/mol. The summed E-state index contributed by atoms with van der Waals surface area (Å²) < 4.78 is 33.8. The first-order valence-electron chi connectivity index (χ1n) is 10.5. The zero-order chi connectivity index (χ0) is 25.3. The van der Waals surface area contributed by atoms with Gasteiger partial charge in [-0.3, -0.25) is 14.3 Å². The molecule has 4 aromatic rings. The van der Waals surface area contributed by atoms with Crippen LogP contribution in [0.2, 0.25) is 5.02 Å². The van der Waals surface area contributed by atoms with Gasteiger partial charge in [0.2, 0.25) is 0 Å². The second-order valence-electron chi connectivity index (χ2n) is 7.64. The molecule has 1 aromatic heterocycles. The molecule has 0 saturated heterocycles. The number of fused-ring (bicyclic) bond motifs is 1. The Hall–Kier alpha value is -3.89. The van der Waals surface area contributed by atoms with Gasteiger partial charge in [-0.15, -0.1) is 0 Å². The topological polar surface area (TPSA) is 138 Å². The number of anilines is 1. The van der Waals surface area contributed by atoms with Crippen LogP contribution in [0.15, 0.2) is 69.1 Å². The van der Waals surface area contributed by atoms with Gasteiger partial charge in [0.1, 0.15) is 0 Å². The third kappa shape index (κ3) is 4.84. The number of benzene rings is 3. The quantitative estimate of drug-likeness (QED) is 0.264. The molecule has 0 bridgehead atoms. The molecule has 0 aliphatic rings. The maximum absolute atomic E-state index is 13.1. The molecule has 0 saturated carbocycles. The van der Waals surface area contributed by atoms with E-state index in [1.165, 1.54) is 24.3 Å². The number of H-pyrrole nitrogens is 2. The Bertz CT molecular complexity index is 1690. The molecule has 0 amide bonds. The Balaban J connectivity index is 1.70. The van der Waals surface area contributed by atoms with Gasteiger partial charge < -0.3 is 14.7 Å². The number of sulfonamides is 1. The van der Waals surface area contributed by atoms with Crippen LogP contribution in [-0.2, 0) is 14.8 Å². The highest BCUT2D eigenvalue weighted by Crippen LogP contribution is 2.34. The summed E-state index contributed by atoms with van der Waals surface area (Å²) in [6.45, 7) is 3.50. The first-order valence-corrected chi connectivity index (χ1v) is 12.3. The van der Waals surface area contributed by atoms with Crippen LogP contribution in [0.4, 0.5) is 5.69 Å². The number of rotatable bonds is 6. The fourth-order valence-corrected chi connectivity index (χ4v) is 5.24. The van der Waals surface area contributed by atoms with Crippen molar-refractivity contribution in [2.75, 3.05) is 11.3 Å². The Morgan fingerprint density at radius 1 is 0.971 bits per heavy atom. The van der Waals surface area contributed by atoms with Gasteiger partial charge in [-0.1, -0.05) is 35.9 Å². The Morgan fingerprint density at radius 2 is 1.63 bits per heavy atom. The van der Waals surface area contributed by atoms with Gasteiger partial charge in [-0.2, -0.15) is 0 Å². The number of halogens is 1. The van der Waals surface area contributed by atoms with Crippen LogP contribution in [0, 0.1) is 6.92 Å². The first-order chi connectivity index (χ1) is 16.6. The summed E-state index contributed by atoms with van der Waals surface area (Å²) in [5, 5.41) is 0.221. The summed E-state index contributed by atoms with van der Waals surface area (Å²) in [5.74, 6) is -0.491. The van der Waals surface area contributed by atoms with Crippen LogP contribution in [0.1, 0.15) is 22.8 Å². The van der Waals surface area contributed by atoms with Crippen molar-refractivity contribution >= 4 is 44.3 Å². The monoisotopic (exact) mass is 513 g/mol. The molecule has 4 rings (SSSR count). The van der Waals surface area contributed by atoms with Crippen LogP contribution in [0.3, 0.4) is 0 Å². The molecule has 180 valence electrons. The third-order valence-electron chi connectivity index (χ3n) is 5.24. The van der Waals surface area contributed by atoms with Crippen molar-refractivity contribution in [2.24, 2.45) is 0 Å². The standard InChI is InChI=1S/C24H20ClN3O6S/c1-3-34-24(31)17-7-5-4-6-15(17)16-9-8-14(11-18(16)25)28-35(32,33)21-12-20-19(10-13(21)2)26-22(29)23(30)27-20/h4-12,28H,3H2,1-2H3,(H,26,29)(H,27,30). The van der Waals surface area contributed by atoms with Gasteiger partial charge in [0.15, 0.2) is 0 Å². The lowest BCUT2D eigenvalue weighted by molar-refractivity contribution is 0.0527. The van der Waals surface area contributed by atoms with Crippen molar-refractivity contribution in [3.8, 4) is 11.1 Å². The fraction of sp³-hybridized carbons (Fsp3) is 0.125. The Kier molecular flexibility index (Phi) is 6.51. The van der Waals surface area contributed by atoms with E-state index >= 15 is 0 Å². The third-order valence-corrected chi connectivity index (χ3v) is 7.08. The van der Waals surface area contributed by atoms with Gasteiger partial charge in [-0.25, -0.2) is 13.2 Å². The second-order valence-corrected chi connectivity index (χ2v) is 9.70. The lowest BCUT2D eigenvalue weighted by Crippen LogP contribution is -2.29. The van der Waals surface area contributed by atoms with Crippen LogP contribution in [-0.4, -0.2) is 31.0 Å². The van der Waals surface area contributed by atoms with E-state index in [4.69, 9.17) is 16.3 Å². The molecule has 0 aliphatic heterocycles. The van der Waals surface area contributed by atoms with E-state index in [-0.39, 0.29) is 27.7 Å². The molecule has 3 aromatic carbocycles. The van der Waals surface area contributed by atoms with E-state index in [9.17, 15) is 22.8 Å². The number of aromatic nitrogens is 2. The SMILES string of the molecule is CCOC(=O)c1ccccc1-c1ccc(NS(=O)(=O)c2cc3[nH]c(=O)c(=O)[nH]c3cc2C)cc1Cl. The van der Waals surface area contributed by atoms with Crippen LogP contribution >= 0.6 is 11.6 Å². The number of aromatic amines is 2. The number of hydrogen-bond acceptors (Lipinski definition) is 6. The van der Waals surface area contributed by atoms with Crippen molar-refractivity contribution in [1.82, 2.24) is 9.97 Å². The molecule has 0 atom stereocenters. The Morgan fingerprint density at radius 3 is 2.29 bits per heavy atom. The van der Waals surface area contributed by atoms with Gasteiger partial charge in [-0.05, 0) is 55.3 Å². The van der Waals surface area contributed by atoms with Crippen LogP contribution in [0.25, 0.3) is 22.2 Å². The van der Waals surface area contributed by atoms with Gasteiger partial charge in [0.05, 0.1) is 38.8 Å². The molecule has 11 heteroatoms. The largest absolute Gasteiger partial charge is 0.462 e. The number of esters is 1. The summed E-state index contributed by atoms with van der Waals surface area (Å²) in [6.07, 6.45) is 0. The van der Waals surface area contributed by atoms with E-state index < -0.39 is 27.1 Å².